The fourth-order valence-corrected chi connectivity index (χ4v) is 4.93. The first-order chi connectivity index (χ1) is 15.9. The van der Waals surface area contributed by atoms with Crippen LogP contribution in [0.2, 0.25) is 0 Å². The predicted molar refractivity (Wildman–Crippen MR) is 127 cm³/mol. The Morgan fingerprint density at radius 1 is 0.909 bits per heavy atom. The van der Waals surface area contributed by atoms with Crippen LogP contribution in [0.5, 0.6) is 0 Å². The fraction of sp³-hybridized carbons (Fsp3) is 0.200. The number of rotatable bonds is 8. The number of pyridine rings is 1. The highest BCUT2D eigenvalue weighted by Gasteiger charge is 2.21. The van der Waals surface area contributed by atoms with Crippen LogP contribution in [-0.4, -0.2) is 37.3 Å². The molecule has 0 bridgehead atoms. The summed E-state index contributed by atoms with van der Waals surface area (Å²) in [6.07, 6.45) is 5.40. The van der Waals surface area contributed by atoms with Crippen molar-refractivity contribution < 1.29 is 13.2 Å². The summed E-state index contributed by atoms with van der Waals surface area (Å²) in [6.45, 7) is 5.95. The van der Waals surface area contributed by atoms with Gasteiger partial charge in [-0.3, -0.25) is 9.78 Å². The van der Waals surface area contributed by atoms with Gasteiger partial charge < -0.3 is 15.5 Å². The maximum absolute atomic E-state index is 13.0. The molecule has 0 radical (unpaired) electrons. The number of benzene rings is 2. The zero-order valence-corrected chi connectivity index (χ0v) is 19.0. The summed E-state index contributed by atoms with van der Waals surface area (Å²) in [6, 6.07) is 16.6. The van der Waals surface area contributed by atoms with Gasteiger partial charge in [-0.1, -0.05) is 18.7 Å². The second-order valence-corrected chi connectivity index (χ2v) is 9.81. The third-order valence-electron chi connectivity index (χ3n) is 5.52. The second kappa shape index (κ2) is 9.87. The van der Waals surface area contributed by atoms with Crippen LogP contribution in [0.3, 0.4) is 0 Å². The average Bonchev–Trinajstić information content (AvgIpc) is 3.38. The van der Waals surface area contributed by atoms with Crippen LogP contribution in [0.25, 0.3) is 0 Å². The highest BCUT2D eigenvalue weighted by atomic mass is 32.2. The lowest BCUT2D eigenvalue weighted by Crippen LogP contribution is -2.27. The van der Waals surface area contributed by atoms with Gasteiger partial charge in [0, 0.05) is 43.3 Å². The van der Waals surface area contributed by atoms with Gasteiger partial charge in [0.25, 0.3) is 5.91 Å². The minimum atomic E-state index is -3.67. The number of sulfone groups is 1. The average molecular weight is 463 g/mol. The van der Waals surface area contributed by atoms with Crippen molar-refractivity contribution in [2.24, 2.45) is 0 Å². The molecule has 0 saturated carbocycles. The number of likely N-dealkylation sites (tertiary alicyclic amines) is 1. The van der Waals surface area contributed by atoms with Crippen LogP contribution in [0.15, 0.2) is 95.2 Å². The van der Waals surface area contributed by atoms with Crippen LogP contribution in [0.1, 0.15) is 28.8 Å². The van der Waals surface area contributed by atoms with Crippen molar-refractivity contribution >= 4 is 21.4 Å². The van der Waals surface area contributed by atoms with E-state index in [1.165, 1.54) is 12.1 Å². The lowest BCUT2D eigenvalue weighted by Gasteiger charge is -2.15. The minimum absolute atomic E-state index is 0.0479. The van der Waals surface area contributed by atoms with Crippen molar-refractivity contribution in [3.05, 3.63) is 96.6 Å². The van der Waals surface area contributed by atoms with Gasteiger partial charge in [0.2, 0.25) is 9.84 Å². The zero-order valence-electron chi connectivity index (χ0n) is 18.2. The van der Waals surface area contributed by atoms with E-state index >= 15 is 0 Å². The molecule has 2 heterocycles. The van der Waals surface area contributed by atoms with E-state index in [1.54, 1.807) is 53.7 Å². The maximum Gasteiger partial charge on any atom is 0.253 e. The highest BCUT2D eigenvalue weighted by Crippen LogP contribution is 2.23. The molecule has 170 valence electrons. The number of hydrogen-bond donors (Lipinski definition) is 2. The molecule has 1 aliphatic heterocycles. The van der Waals surface area contributed by atoms with Gasteiger partial charge in [-0.05, 0) is 66.9 Å². The van der Waals surface area contributed by atoms with E-state index in [1.807, 2.05) is 12.1 Å². The Morgan fingerprint density at radius 2 is 1.48 bits per heavy atom. The summed E-state index contributed by atoms with van der Waals surface area (Å²) in [5.41, 5.74) is 2.30. The normalized spacial score (nSPS) is 13.5. The molecule has 4 rings (SSSR count). The van der Waals surface area contributed by atoms with Crippen LogP contribution >= 0.6 is 0 Å². The Balaban J connectivity index is 1.38. The molecule has 1 aliphatic rings. The first-order valence-electron chi connectivity index (χ1n) is 10.8. The molecule has 0 spiro atoms. The molecule has 2 N–H and O–H groups in total. The molecule has 1 fully saturated rings. The Hall–Kier alpha value is -3.65. The SMILES string of the molecule is C=C(NCc1ccc(S(=O)(=O)c2ccc(C(=O)N3CCCC3)cc2)cc1)Nc1ccncc1. The van der Waals surface area contributed by atoms with E-state index < -0.39 is 9.84 Å². The molecule has 0 aliphatic carbocycles. The van der Waals surface area contributed by atoms with Gasteiger partial charge in [-0.2, -0.15) is 0 Å². The molecule has 1 amide bonds. The number of nitrogens with one attached hydrogen (secondary N) is 2. The quantitative estimate of drug-likeness (QED) is 0.529. The largest absolute Gasteiger partial charge is 0.368 e. The fourth-order valence-electron chi connectivity index (χ4n) is 3.66. The lowest BCUT2D eigenvalue weighted by atomic mass is 10.2. The number of anilines is 1. The molecule has 0 unspecified atom stereocenters. The molecule has 3 aromatic rings. The van der Waals surface area contributed by atoms with Crippen molar-refractivity contribution in [3.63, 3.8) is 0 Å². The highest BCUT2D eigenvalue weighted by molar-refractivity contribution is 7.91. The van der Waals surface area contributed by atoms with Crippen molar-refractivity contribution in [2.45, 2.75) is 29.2 Å². The first kappa shape index (κ1) is 22.5. The summed E-state index contributed by atoms with van der Waals surface area (Å²) in [5.74, 6) is 0.578. The summed E-state index contributed by atoms with van der Waals surface area (Å²) in [4.78, 5) is 18.6. The van der Waals surface area contributed by atoms with Crippen LogP contribution in [0.4, 0.5) is 5.69 Å². The Labute approximate surface area is 194 Å². The lowest BCUT2D eigenvalue weighted by molar-refractivity contribution is 0.0792. The molecule has 2 aromatic carbocycles. The van der Waals surface area contributed by atoms with Gasteiger partial charge in [0.15, 0.2) is 0 Å². The van der Waals surface area contributed by atoms with Crippen LogP contribution < -0.4 is 10.6 Å². The molecular weight excluding hydrogens is 436 g/mol. The van der Waals surface area contributed by atoms with Crippen molar-refractivity contribution in [1.82, 2.24) is 15.2 Å². The molecular formula is C25H26N4O3S. The van der Waals surface area contributed by atoms with E-state index in [4.69, 9.17) is 0 Å². The maximum atomic E-state index is 13.0. The number of carbonyl (C=O) groups excluding carboxylic acids is 1. The van der Waals surface area contributed by atoms with E-state index in [9.17, 15) is 13.2 Å². The molecule has 1 saturated heterocycles. The number of amides is 1. The monoisotopic (exact) mass is 462 g/mol. The van der Waals surface area contributed by atoms with Crippen molar-refractivity contribution in [3.8, 4) is 0 Å². The third-order valence-corrected chi connectivity index (χ3v) is 7.31. The Kier molecular flexibility index (Phi) is 6.74. The number of hydrogen-bond acceptors (Lipinski definition) is 6. The van der Waals surface area contributed by atoms with E-state index in [0.29, 0.717) is 17.9 Å². The smallest absolute Gasteiger partial charge is 0.253 e. The van der Waals surface area contributed by atoms with Crippen molar-refractivity contribution in [1.29, 1.82) is 0 Å². The number of aromatic nitrogens is 1. The van der Waals surface area contributed by atoms with Gasteiger partial charge in [0.1, 0.15) is 0 Å². The molecule has 33 heavy (non-hydrogen) atoms. The molecule has 1 aromatic heterocycles. The summed E-state index contributed by atoms with van der Waals surface area (Å²) in [7, 11) is -3.67. The summed E-state index contributed by atoms with van der Waals surface area (Å²) >= 11 is 0. The van der Waals surface area contributed by atoms with Gasteiger partial charge in [-0.25, -0.2) is 8.42 Å². The van der Waals surface area contributed by atoms with E-state index in [-0.39, 0.29) is 15.7 Å². The minimum Gasteiger partial charge on any atom is -0.368 e. The topological polar surface area (TPSA) is 91.4 Å². The van der Waals surface area contributed by atoms with Crippen molar-refractivity contribution in [2.75, 3.05) is 18.4 Å². The van der Waals surface area contributed by atoms with Gasteiger partial charge >= 0.3 is 0 Å². The first-order valence-corrected chi connectivity index (χ1v) is 12.2. The molecule has 7 nitrogen and oxygen atoms in total. The van der Waals surface area contributed by atoms with Gasteiger partial charge in [-0.15, -0.1) is 0 Å². The second-order valence-electron chi connectivity index (χ2n) is 7.86. The Morgan fingerprint density at radius 3 is 2.09 bits per heavy atom. The summed E-state index contributed by atoms with van der Waals surface area (Å²) in [5, 5.41) is 6.30. The Bertz CT molecular complexity index is 1220. The van der Waals surface area contributed by atoms with Crippen LogP contribution in [0, 0.1) is 0 Å². The third kappa shape index (κ3) is 5.40. The standard InChI is InChI=1S/C25H26N4O3S/c1-19(28-22-12-14-26-15-13-22)27-18-20-4-8-23(9-5-20)33(31,32)24-10-6-21(7-11-24)25(30)29-16-2-3-17-29/h4-15,27H,1-3,16-18H2,(H,26,28). The summed E-state index contributed by atoms with van der Waals surface area (Å²) < 4.78 is 26.0. The van der Waals surface area contributed by atoms with Crippen LogP contribution in [-0.2, 0) is 16.4 Å². The van der Waals surface area contributed by atoms with E-state index in [2.05, 4.69) is 22.2 Å². The molecule has 0 atom stereocenters. The zero-order chi connectivity index (χ0) is 23.3. The predicted octanol–water partition coefficient (Wildman–Crippen LogP) is 3.82. The molecule has 8 heteroatoms. The number of nitrogens with zero attached hydrogens (tertiary/aromatic N) is 2. The van der Waals surface area contributed by atoms with Gasteiger partial charge in [0.05, 0.1) is 15.6 Å². The van der Waals surface area contributed by atoms with E-state index in [0.717, 1.165) is 37.2 Å². The number of carbonyl (C=O) groups is 1.